The monoisotopic (exact) mass is 246 g/mol. The molecule has 0 radical (unpaired) electrons. The van der Waals surface area contributed by atoms with Crippen LogP contribution < -0.4 is 0 Å². The Morgan fingerprint density at radius 3 is 2.41 bits per heavy atom. The van der Waals surface area contributed by atoms with Crippen LogP contribution in [0.5, 0.6) is 0 Å². The van der Waals surface area contributed by atoms with Gasteiger partial charge >= 0.3 is 0 Å². The van der Waals surface area contributed by atoms with Gasteiger partial charge in [-0.2, -0.15) is 0 Å². The van der Waals surface area contributed by atoms with Crippen molar-refractivity contribution in [1.29, 1.82) is 0 Å². The molecule has 0 aromatic carbocycles. The first-order chi connectivity index (χ1) is 8.13. The van der Waals surface area contributed by atoms with Gasteiger partial charge in [0, 0.05) is 21.3 Å². The lowest BCUT2D eigenvalue weighted by Gasteiger charge is -2.25. The Bertz CT molecular complexity index is 216. The summed E-state index contributed by atoms with van der Waals surface area (Å²) in [6.45, 7) is 3.06. The molecule has 0 saturated carbocycles. The third-order valence-corrected chi connectivity index (χ3v) is 2.94. The van der Waals surface area contributed by atoms with Crippen LogP contribution in [0.1, 0.15) is 6.92 Å². The summed E-state index contributed by atoms with van der Waals surface area (Å²) >= 11 is 0. The molecule has 0 aromatic rings. The van der Waals surface area contributed by atoms with Gasteiger partial charge in [-0.05, 0) is 6.92 Å². The highest BCUT2D eigenvalue weighted by Crippen LogP contribution is 2.25. The lowest BCUT2D eigenvalue weighted by Crippen LogP contribution is -2.41. The van der Waals surface area contributed by atoms with E-state index in [9.17, 15) is 0 Å². The van der Waals surface area contributed by atoms with E-state index in [-0.39, 0.29) is 30.4 Å². The van der Waals surface area contributed by atoms with Crippen LogP contribution in [0.3, 0.4) is 0 Å². The van der Waals surface area contributed by atoms with Gasteiger partial charge in [0.2, 0.25) is 0 Å². The zero-order valence-corrected chi connectivity index (χ0v) is 11.3. The molecular formula is C11H23BO5. The molecule has 5 nitrogen and oxygen atoms in total. The van der Waals surface area contributed by atoms with Crippen LogP contribution in [-0.4, -0.2) is 72.8 Å². The van der Waals surface area contributed by atoms with Crippen molar-refractivity contribution in [3.8, 4) is 0 Å². The minimum atomic E-state index is -0.0933. The van der Waals surface area contributed by atoms with Crippen molar-refractivity contribution in [3.05, 3.63) is 0 Å². The summed E-state index contributed by atoms with van der Waals surface area (Å²) < 4.78 is 27.3. The number of methoxy groups -OCH3 is 3. The van der Waals surface area contributed by atoms with Crippen LogP contribution >= 0.6 is 0 Å². The zero-order valence-electron chi connectivity index (χ0n) is 11.3. The molecule has 0 aromatic heterocycles. The van der Waals surface area contributed by atoms with E-state index in [4.69, 9.17) is 23.7 Å². The van der Waals surface area contributed by atoms with Gasteiger partial charge in [0.05, 0.1) is 25.3 Å². The van der Waals surface area contributed by atoms with E-state index in [1.807, 2.05) is 14.8 Å². The lowest BCUT2D eigenvalue weighted by atomic mass is 9.92. The van der Waals surface area contributed by atoms with Crippen molar-refractivity contribution in [2.75, 3.05) is 34.5 Å². The van der Waals surface area contributed by atoms with Crippen LogP contribution in [0.2, 0.25) is 0 Å². The fourth-order valence-electron chi connectivity index (χ4n) is 2.22. The Balaban J connectivity index is 2.56. The van der Waals surface area contributed by atoms with Gasteiger partial charge in [-0.3, -0.25) is 0 Å². The molecule has 1 unspecified atom stereocenters. The topological polar surface area (TPSA) is 46.2 Å². The smallest absolute Gasteiger partial charge is 0.142 e. The SMILES string of the molecule is B[C@@H]1O[C@H](COC)C(OC)[C@@H]1O[C@H](C)COC. The minimum absolute atomic E-state index is 0.000550. The van der Waals surface area contributed by atoms with E-state index in [2.05, 4.69) is 0 Å². The Morgan fingerprint density at radius 1 is 1.18 bits per heavy atom. The molecule has 100 valence electrons. The highest BCUT2D eigenvalue weighted by atomic mass is 16.6. The summed E-state index contributed by atoms with van der Waals surface area (Å²) in [5.41, 5.74) is 0. The lowest BCUT2D eigenvalue weighted by molar-refractivity contribution is -0.0920. The molecule has 1 aliphatic rings. The molecule has 0 aliphatic carbocycles. The van der Waals surface area contributed by atoms with E-state index >= 15 is 0 Å². The number of hydrogen-bond acceptors (Lipinski definition) is 5. The van der Waals surface area contributed by atoms with E-state index in [0.29, 0.717) is 13.2 Å². The molecule has 0 amide bonds. The summed E-state index contributed by atoms with van der Waals surface area (Å²) in [7, 11) is 6.98. The molecule has 1 rings (SSSR count). The predicted octanol–water partition coefficient (Wildman–Crippen LogP) is -0.574. The average Bonchev–Trinajstić information content (AvgIpc) is 2.56. The van der Waals surface area contributed by atoms with Gasteiger partial charge < -0.3 is 23.7 Å². The summed E-state index contributed by atoms with van der Waals surface area (Å²) in [4.78, 5) is 0. The fourth-order valence-corrected chi connectivity index (χ4v) is 2.22. The van der Waals surface area contributed by atoms with E-state index in [1.165, 1.54) is 0 Å². The molecule has 1 heterocycles. The maximum Gasteiger partial charge on any atom is 0.142 e. The average molecular weight is 246 g/mol. The minimum Gasteiger partial charge on any atom is -0.382 e. The maximum absolute atomic E-state index is 5.91. The highest BCUT2D eigenvalue weighted by Gasteiger charge is 2.43. The second-order valence-corrected chi connectivity index (χ2v) is 4.40. The summed E-state index contributed by atoms with van der Waals surface area (Å²) in [6, 6.07) is -0.000550. The quantitative estimate of drug-likeness (QED) is 0.563. The molecule has 17 heavy (non-hydrogen) atoms. The van der Waals surface area contributed by atoms with Gasteiger partial charge in [0.15, 0.2) is 0 Å². The van der Waals surface area contributed by atoms with Gasteiger partial charge in [-0.1, -0.05) is 0 Å². The summed E-state index contributed by atoms with van der Waals surface area (Å²) in [5.74, 6) is 0. The van der Waals surface area contributed by atoms with Crippen LogP contribution in [-0.2, 0) is 23.7 Å². The summed E-state index contributed by atoms with van der Waals surface area (Å²) in [6.07, 6.45) is -0.218. The molecule has 0 N–H and O–H groups in total. The van der Waals surface area contributed by atoms with Crippen LogP contribution in [0.15, 0.2) is 0 Å². The van der Waals surface area contributed by atoms with Gasteiger partial charge in [0.25, 0.3) is 0 Å². The van der Waals surface area contributed by atoms with Crippen molar-refractivity contribution in [2.24, 2.45) is 0 Å². The Labute approximate surface area is 104 Å². The Hall–Kier alpha value is -0.135. The number of hydrogen-bond donors (Lipinski definition) is 0. The molecule has 1 saturated heterocycles. The van der Waals surface area contributed by atoms with Gasteiger partial charge in [-0.15, -0.1) is 0 Å². The Kier molecular flexibility index (Phi) is 6.44. The standard InChI is InChI=1S/C11H23BO5/c1-7(5-13-2)16-10-9(15-4)8(6-14-3)17-11(10)12/h7-11H,5-6,12H2,1-4H3/t7-,8-,9?,10+,11-/m1/s1. The first-order valence-corrected chi connectivity index (χ1v) is 5.95. The van der Waals surface area contributed by atoms with Crippen molar-refractivity contribution in [2.45, 2.75) is 37.3 Å². The number of ether oxygens (including phenoxy) is 5. The van der Waals surface area contributed by atoms with Crippen LogP contribution in [0.25, 0.3) is 0 Å². The van der Waals surface area contributed by atoms with Crippen LogP contribution in [0.4, 0.5) is 0 Å². The van der Waals surface area contributed by atoms with Crippen molar-refractivity contribution >= 4 is 7.85 Å². The van der Waals surface area contributed by atoms with Crippen LogP contribution in [0, 0.1) is 0 Å². The van der Waals surface area contributed by atoms with Crippen molar-refractivity contribution in [1.82, 2.24) is 0 Å². The second kappa shape index (κ2) is 7.33. The molecule has 1 aliphatic heterocycles. The molecule has 0 spiro atoms. The normalized spacial score (nSPS) is 35.1. The van der Waals surface area contributed by atoms with Gasteiger partial charge in [0.1, 0.15) is 26.2 Å². The van der Waals surface area contributed by atoms with E-state index in [1.54, 1.807) is 21.3 Å². The Morgan fingerprint density at radius 2 is 1.88 bits per heavy atom. The molecule has 5 atom stereocenters. The van der Waals surface area contributed by atoms with E-state index in [0.717, 1.165) is 0 Å². The highest BCUT2D eigenvalue weighted by molar-refractivity contribution is 6.11. The third kappa shape index (κ3) is 3.93. The third-order valence-electron chi connectivity index (χ3n) is 2.94. The fraction of sp³-hybridized carbons (Fsp3) is 1.00. The predicted molar refractivity (Wildman–Crippen MR) is 66.1 cm³/mol. The number of rotatable bonds is 7. The molecule has 1 fully saturated rings. The van der Waals surface area contributed by atoms with Crippen molar-refractivity contribution in [3.63, 3.8) is 0 Å². The second-order valence-electron chi connectivity index (χ2n) is 4.40. The van der Waals surface area contributed by atoms with Crippen molar-refractivity contribution < 1.29 is 23.7 Å². The molecule has 0 bridgehead atoms. The first-order valence-electron chi connectivity index (χ1n) is 5.95. The zero-order chi connectivity index (χ0) is 12.8. The molecular weight excluding hydrogens is 223 g/mol. The summed E-state index contributed by atoms with van der Waals surface area (Å²) in [5, 5.41) is 0. The maximum atomic E-state index is 5.91. The largest absolute Gasteiger partial charge is 0.382 e. The first kappa shape index (κ1) is 14.9. The molecule has 6 heteroatoms. The van der Waals surface area contributed by atoms with E-state index < -0.39 is 0 Å². The van der Waals surface area contributed by atoms with Gasteiger partial charge in [-0.25, -0.2) is 0 Å².